The van der Waals surface area contributed by atoms with E-state index < -0.39 is 17.9 Å². The Labute approximate surface area is 185 Å². The average Bonchev–Trinajstić information content (AvgIpc) is 2.63. The number of aliphatic carboxylic acids is 3. The number of hydrogen-bond acceptors (Lipinski definition) is 3. The van der Waals surface area contributed by atoms with Crippen LogP contribution in [0, 0.1) is 0 Å². The van der Waals surface area contributed by atoms with Crippen LogP contribution in [0.2, 0.25) is 4.44 Å². The summed E-state index contributed by atoms with van der Waals surface area (Å²) in [5, 5.41) is 24.4. The first-order valence-corrected chi connectivity index (χ1v) is 12.9. The first-order chi connectivity index (χ1) is 13.2. The summed E-state index contributed by atoms with van der Waals surface area (Å²) in [6, 6.07) is 0. The zero-order chi connectivity index (χ0) is 22.6. The van der Waals surface area contributed by atoms with Crippen LogP contribution < -0.4 is 0 Å². The van der Waals surface area contributed by atoms with Crippen LogP contribution >= 0.6 is 0 Å². The molecule has 28 heavy (non-hydrogen) atoms. The number of rotatable bonds is 13. The summed E-state index contributed by atoms with van der Waals surface area (Å²) < 4.78 is 1.45. The molecular weight excluding hydrogens is 467 g/mol. The molecule has 0 heterocycles. The Morgan fingerprint density at radius 2 is 0.750 bits per heavy atom. The van der Waals surface area contributed by atoms with Gasteiger partial charge in [0.1, 0.15) is 0 Å². The molecule has 7 heteroatoms. The first kappa shape index (κ1) is 34.7. The number of hydrogen-bond donors (Lipinski definition) is 3. The Bertz CT molecular complexity index is 285. The Morgan fingerprint density at radius 1 is 0.536 bits per heavy atom. The van der Waals surface area contributed by atoms with Gasteiger partial charge in [-0.1, -0.05) is 59.3 Å². The van der Waals surface area contributed by atoms with E-state index in [-0.39, 0.29) is 0 Å². The van der Waals surface area contributed by atoms with E-state index in [0.29, 0.717) is 19.3 Å². The van der Waals surface area contributed by atoms with Crippen molar-refractivity contribution in [3.63, 3.8) is 0 Å². The summed E-state index contributed by atoms with van der Waals surface area (Å²) in [5.41, 5.74) is 0. The van der Waals surface area contributed by atoms with E-state index in [9.17, 15) is 14.4 Å². The van der Waals surface area contributed by atoms with Crippen LogP contribution in [0.3, 0.4) is 0 Å². The molecule has 3 N–H and O–H groups in total. The van der Waals surface area contributed by atoms with Crippen LogP contribution in [0.25, 0.3) is 0 Å². The second kappa shape index (κ2) is 33.8. The predicted molar refractivity (Wildman–Crippen MR) is 118 cm³/mol. The van der Waals surface area contributed by atoms with E-state index in [4.69, 9.17) is 15.3 Å². The fourth-order valence-corrected chi connectivity index (χ4v) is 1.58. The van der Waals surface area contributed by atoms with E-state index in [1.165, 1.54) is 33.4 Å². The van der Waals surface area contributed by atoms with Gasteiger partial charge in [-0.25, -0.2) is 0 Å². The average molecular weight is 511 g/mol. The molecule has 0 bridgehead atoms. The molecule has 0 atom stereocenters. The molecule has 0 fully saturated rings. The summed E-state index contributed by atoms with van der Waals surface area (Å²) in [6.45, 7) is 8.39. The standard InChI is InChI=1S/3C6H12O2.C3H7.Sn.H/c3*1-2-3-4-5-6(7)8;1-3-2;;/h3*2-5H2,1H3,(H,7,8);1,3H2,2H3;;. The molecule has 0 unspecified atom stereocenters. The topological polar surface area (TPSA) is 112 Å². The summed E-state index contributed by atoms with van der Waals surface area (Å²) >= 11 is 1.44. The molecule has 0 saturated heterocycles. The molecule has 0 amide bonds. The fraction of sp³-hybridized carbons (Fsp3) is 0.857. The van der Waals surface area contributed by atoms with Gasteiger partial charge in [-0.15, -0.1) is 0 Å². The van der Waals surface area contributed by atoms with Crippen molar-refractivity contribution in [3.05, 3.63) is 0 Å². The van der Waals surface area contributed by atoms with Gasteiger partial charge >= 0.3 is 58.2 Å². The van der Waals surface area contributed by atoms with Gasteiger partial charge in [-0.2, -0.15) is 0 Å². The third kappa shape index (κ3) is 63.9. The molecular formula is C21H44O6Sn. The van der Waals surface area contributed by atoms with E-state index in [1.807, 2.05) is 0 Å². The molecule has 168 valence electrons. The molecule has 0 rings (SSSR count). The monoisotopic (exact) mass is 512 g/mol. The van der Waals surface area contributed by atoms with Crippen molar-refractivity contribution < 1.29 is 29.7 Å². The molecule has 0 aromatic rings. The third-order valence-corrected chi connectivity index (χ3v) is 4.92. The van der Waals surface area contributed by atoms with Gasteiger partial charge in [-0.05, 0) is 19.3 Å². The van der Waals surface area contributed by atoms with Gasteiger partial charge in [-0.3, -0.25) is 14.4 Å². The van der Waals surface area contributed by atoms with Crippen molar-refractivity contribution in [1.82, 2.24) is 0 Å². The Morgan fingerprint density at radius 3 is 0.857 bits per heavy atom. The van der Waals surface area contributed by atoms with Gasteiger partial charge < -0.3 is 15.3 Å². The fourth-order valence-electron chi connectivity index (χ4n) is 1.58. The summed E-state index contributed by atoms with van der Waals surface area (Å²) in [5.74, 6) is -2.05. The van der Waals surface area contributed by atoms with Crippen LogP contribution in [0.15, 0.2) is 0 Å². The second-order valence-corrected chi connectivity index (χ2v) is 7.99. The maximum absolute atomic E-state index is 9.87. The Kier molecular flexibility index (Phi) is 41.8. The Hall–Kier alpha value is -0.791. The Balaban J connectivity index is -0.000000141. The van der Waals surface area contributed by atoms with Gasteiger partial charge in [0.15, 0.2) is 0 Å². The molecule has 0 spiro atoms. The van der Waals surface area contributed by atoms with E-state index in [1.54, 1.807) is 0 Å². The molecule has 0 aliphatic rings. The summed E-state index contributed by atoms with van der Waals surface area (Å²) in [7, 11) is 0. The maximum atomic E-state index is 9.87. The quantitative estimate of drug-likeness (QED) is 0.217. The normalized spacial score (nSPS) is 8.89. The minimum absolute atomic E-state index is 0.327. The van der Waals surface area contributed by atoms with Crippen LogP contribution in [0.1, 0.15) is 111 Å². The molecule has 0 saturated carbocycles. The van der Waals surface area contributed by atoms with Gasteiger partial charge in [0, 0.05) is 19.3 Å². The zero-order valence-electron chi connectivity index (χ0n) is 18.5. The molecule has 6 nitrogen and oxygen atoms in total. The van der Waals surface area contributed by atoms with Crippen LogP contribution in [0.5, 0.6) is 0 Å². The molecule has 2 radical (unpaired) electrons. The first-order valence-electron chi connectivity index (χ1n) is 10.6. The number of carboxylic acids is 3. The number of unbranched alkanes of at least 4 members (excludes halogenated alkanes) is 6. The third-order valence-electron chi connectivity index (χ3n) is 3.27. The minimum atomic E-state index is -0.682. The number of carboxylic acid groups (broad SMARTS) is 3. The second-order valence-electron chi connectivity index (χ2n) is 6.34. The molecule has 0 aromatic carbocycles. The van der Waals surface area contributed by atoms with Crippen LogP contribution in [0.4, 0.5) is 0 Å². The van der Waals surface area contributed by atoms with Crippen molar-refractivity contribution in [2.75, 3.05) is 0 Å². The van der Waals surface area contributed by atoms with Crippen LogP contribution in [-0.2, 0) is 14.4 Å². The van der Waals surface area contributed by atoms with Crippen molar-refractivity contribution in [2.24, 2.45) is 0 Å². The summed E-state index contributed by atoms with van der Waals surface area (Å²) in [6.07, 6.45) is 11.2. The molecule has 0 aliphatic carbocycles. The van der Waals surface area contributed by atoms with E-state index in [2.05, 4.69) is 27.7 Å². The van der Waals surface area contributed by atoms with E-state index >= 15 is 0 Å². The SMILES string of the molecule is CCCCCC(=O)O.CCCCCC(=O)O.CCCCCC(=O)O.CC[CH2][SnH]. The van der Waals surface area contributed by atoms with Crippen molar-refractivity contribution in [1.29, 1.82) is 0 Å². The molecule has 0 aliphatic heterocycles. The molecule has 0 aromatic heterocycles. The van der Waals surface area contributed by atoms with E-state index in [0.717, 1.165) is 57.8 Å². The van der Waals surface area contributed by atoms with Gasteiger partial charge in [0.25, 0.3) is 0 Å². The van der Waals surface area contributed by atoms with Crippen molar-refractivity contribution in [2.45, 2.75) is 116 Å². The zero-order valence-corrected chi connectivity index (χ0v) is 21.8. The predicted octanol–water partition coefficient (Wildman–Crippen LogP) is 5.67. The van der Waals surface area contributed by atoms with Crippen LogP contribution in [-0.4, -0.2) is 55.8 Å². The summed E-state index contributed by atoms with van der Waals surface area (Å²) in [4.78, 5) is 29.6. The van der Waals surface area contributed by atoms with Gasteiger partial charge in [0.2, 0.25) is 0 Å². The number of carbonyl (C=O) groups is 3. The van der Waals surface area contributed by atoms with Gasteiger partial charge in [0.05, 0.1) is 0 Å². The van der Waals surface area contributed by atoms with Crippen molar-refractivity contribution in [3.8, 4) is 0 Å². The van der Waals surface area contributed by atoms with Crippen molar-refractivity contribution >= 4 is 40.4 Å².